The maximum absolute atomic E-state index is 12.5. The smallest absolute Gasteiger partial charge is 0.342 e. The first kappa shape index (κ1) is 17.5. The number of Topliss-reactive ketones (excluding diaryl/α,β-unsaturated/α-hetero) is 1. The molecule has 0 saturated carbocycles. The lowest BCUT2D eigenvalue weighted by atomic mass is 10.1. The lowest BCUT2D eigenvalue weighted by Crippen LogP contribution is -2.12. The molecular weight excluding hydrogens is 384 g/mol. The molecular formula is C16H15BrO5S. The van der Waals surface area contributed by atoms with Gasteiger partial charge in [0, 0.05) is 10.0 Å². The van der Waals surface area contributed by atoms with Crippen molar-refractivity contribution in [3.05, 3.63) is 52.5 Å². The molecule has 122 valence electrons. The maximum atomic E-state index is 12.5. The van der Waals surface area contributed by atoms with Gasteiger partial charge < -0.3 is 8.92 Å². The summed E-state index contributed by atoms with van der Waals surface area (Å²) in [5.41, 5.74) is 0.372. The standard InChI is InChI=1S/C16H15BrO5S/c1-3-21-15-8-7-13(17)10-16(15)23(19,20)22-14-6-4-5-12(9-14)11(2)18/h4-10H,3H2,1-2H3. The Balaban J connectivity index is 2.41. The highest BCUT2D eigenvalue weighted by atomic mass is 79.9. The zero-order valence-electron chi connectivity index (χ0n) is 12.6. The molecule has 0 bridgehead atoms. The van der Waals surface area contributed by atoms with Crippen LogP contribution in [0.4, 0.5) is 0 Å². The molecule has 0 aliphatic rings. The van der Waals surface area contributed by atoms with Crippen LogP contribution in [0.2, 0.25) is 0 Å². The third-order valence-corrected chi connectivity index (χ3v) is 4.68. The van der Waals surface area contributed by atoms with Crippen LogP contribution in [-0.4, -0.2) is 20.8 Å². The molecule has 0 aliphatic heterocycles. The Labute approximate surface area is 143 Å². The molecule has 23 heavy (non-hydrogen) atoms. The van der Waals surface area contributed by atoms with Gasteiger partial charge in [0.25, 0.3) is 0 Å². The van der Waals surface area contributed by atoms with E-state index in [4.69, 9.17) is 8.92 Å². The van der Waals surface area contributed by atoms with Gasteiger partial charge in [0.05, 0.1) is 6.61 Å². The van der Waals surface area contributed by atoms with E-state index in [0.29, 0.717) is 16.6 Å². The molecule has 0 heterocycles. The molecule has 2 rings (SSSR count). The Hall–Kier alpha value is -1.86. The molecule has 0 saturated heterocycles. The van der Waals surface area contributed by atoms with E-state index in [0.717, 1.165) is 0 Å². The van der Waals surface area contributed by atoms with Crippen molar-refractivity contribution in [2.24, 2.45) is 0 Å². The number of carbonyl (C=O) groups excluding carboxylic acids is 1. The maximum Gasteiger partial charge on any atom is 0.342 e. The highest BCUT2D eigenvalue weighted by molar-refractivity contribution is 9.10. The van der Waals surface area contributed by atoms with Crippen molar-refractivity contribution in [2.45, 2.75) is 18.7 Å². The second kappa shape index (κ2) is 7.14. The third kappa shape index (κ3) is 4.33. The van der Waals surface area contributed by atoms with Crippen molar-refractivity contribution < 1.29 is 22.1 Å². The van der Waals surface area contributed by atoms with Gasteiger partial charge in [-0.2, -0.15) is 8.42 Å². The van der Waals surface area contributed by atoms with Crippen LogP contribution in [0.5, 0.6) is 11.5 Å². The molecule has 0 aromatic heterocycles. The normalized spacial score (nSPS) is 11.1. The monoisotopic (exact) mass is 398 g/mol. The van der Waals surface area contributed by atoms with E-state index in [-0.39, 0.29) is 22.2 Å². The first-order chi connectivity index (χ1) is 10.8. The summed E-state index contributed by atoms with van der Waals surface area (Å²) in [5, 5.41) is 0. The van der Waals surface area contributed by atoms with E-state index in [1.165, 1.54) is 25.1 Å². The van der Waals surface area contributed by atoms with Gasteiger partial charge in [0.15, 0.2) is 5.78 Å². The zero-order chi connectivity index (χ0) is 17.0. The van der Waals surface area contributed by atoms with Gasteiger partial charge >= 0.3 is 10.1 Å². The van der Waals surface area contributed by atoms with Crippen LogP contribution >= 0.6 is 15.9 Å². The molecule has 2 aromatic rings. The van der Waals surface area contributed by atoms with Crippen molar-refractivity contribution in [1.82, 2.24) is 0 Å². The molecule has 0 amide bonds. The third-order valence-electron chi connectivity index (χ3n) is 2.92. The molecule has 0 aliphatic carbocycles. The molecule has 2 aromatic carbocycles. The number of ether oxygens (including phenoxy) is 1. The Morgan fingerprint density at radius 3 is 2.57 bits per heavy atom. The molecule has 0 spiro atoms. The van der Waals surface area contributed by atoms with Crippen molar-refractivity contribution in [1.29, 1.82) is 0 Å². The Bertz CT molecular complexity index is 830. The van der Waals surface area contributed by atoms with Crippen molar-refractivity contribution in [3.63, 3.8) is 0 Å². The SMILES string of the molecule is CCOc1ccc(Br)cc1S(=O)(=O)Oc1cccc(C(C)=O)c1. The van der Waals surface area contributed by atoms with E-state index >= 15 is 0 Å². The van der Waals surface area contributed by atoms with Crippen LogP contribution in [0.15, 0.2) is 51.8 Å². The first-order valence-electron chi connectivity index (χ1n) is 6.81. The van der Waals surface area contributed by atoms with Crippen LogP contribution < -0.4 is 8.92 Å². The number of rotatable bonds is 6. The molecule has 0 fully saturated rings. The predicted molar refractivity (Wildman–Crippen MR) is 89.6 cm³/mol. The lowest BCUT2D eigenvalue weighted by molar-refractivity contribution is 0.101. The number of hydrogen-bond donors (Lipinski definition) is 0. The van der Waals surface area contributed by atoms with E-state index in [2.05, 4.69) is 15.9 Å². The fourth-order valence-corrected chi connectivity index (χ4v) is 3.49. The summed E-state index contributed by atoms with van der Waals surface area (Å²) >= 11 is 3.24. The molecule has 0 N–H and O–H groups in total. The molecule has 0 unspecified atom stereocenters. The largest absolute Gasteiger partial charge is 0.492 e. The number of carbonyl (C=O) groups is 1. The summed E-state index contributed by atoms with van der Waals surface area (Å²) < 4.78 is 36.1. The van der Waals surface area contributed by atoms with Crippen molar-refractivity contribution >= 4 is 31.8 Å². The van der Waals surface area contributed by atoms with Gasteiger partial charge in [-0.1, -0.05) is 28.1 Å². The van der Waals surface area contributed by atoms with Crippen LogP contribution in [0.3, 0.4) is 0 Å². The van der Waals surface area contributed by atoms with E-state index in [1.807, 2.05) is 0 Å². The first-order valence-corrected chi connectivity index (χ1v) is 9.01. The molecule has 5 nitrogen and oxygen atoms in total. The number of benzene rings is 2. The van der Waals surface area contributed by atoms with Gasteiger partial charge in [0.2, 0.25) is 0 Å². The number of ketones is 1. The topological polar surface area (TPSA) is 69.7 Å². The number of halogens is 1. The minimum atomic E-state index is -4.10. The summed E-state index contributed by atoms with van der Waals surface area (Å²) in [7, 11) is -4.10. The van der Waals surface area contributed by atoms with Gasteiger partial charge in [-0.25, -0.2) is 0 Å². The Morgan fingerprint density at radius 1 is 1.17 bits per heavy atom. The van der Waals surface area contributed by atoms with Crippen LogP contribution in [0.25, 0.3) is 0 Å². The van der Waals surface area contributed by atoms with Crippen LogP contribution in [-0.2, 0) is 10.1 Å². The molecule has 7 heteroatoms. The van der Waals surface area contributed by atoms with Crippen LogP contribution in [0.1, 0.15) is 24.2 Å². The fraction of sp³-hybridized carbons (Fsp3) is 0.188. The second-order valence-corrected chi connectivity index (χ2v) is 7.08. The Morgan fingerprint density at radius 2 is 1.91 bits per heavy atom. The fourth-order valence-electron chi connectivity index (χ4n) is 1.89. The molecule has 0 atom stereocenters. The van der Waals surface area contributed by atoms with Gasteiger partial charge in [0.1, 0.15) is 16.4 Å². The highest BCUT2D eigenvalue weighted by Gasteiger charge is 2.23. The van der Waals surface area contributed by atoms with Gasteiger partial charge in [-0.05, 0) is 44.2 Å². The number of hydrogen-bond acceptors (Lipinski definition) is 5. The predicted octanol–water partition coefficient (Wildman–Crippen LogP) is 3.82. The summed E-state index contributed by atoms with van der Waals surface area (Å²) in [6.07, 6.45) is 0. The summed E-state index contributed by atoms with van der Waals surface area (Å²) in [6.45, 7) is 3.48. The molecule has 0 radical (unpaired) electrons. The quantitative estimate of drug-likeness (QED) is 0.546. The lowest BCUT2D eigenvalue weighted by Gasteiger charge is -2.12. The van der Waals surface area contributed by atoms with E-state index < -0.39 is 10.1 Å². The van der Waals surface area contributed by atoms with Crippen molar-refractivity contribution in [3.8, 4) is 11.5 Å². The van der Waals surface area contributed by atoms with Crippen molar-refractivity contribution in [2.75, 3.05) is 6.61 Å². The minimum absolute atomic E-state index is 0.0696. The Kier molecular flexibility index (Phi) is 5.43. The average molecular weight is 399 g/mol. The van der Waals surface area contributed by atoms with E-state index in [1.54, 1.807) is 31.2 Å². The average Bonchev–Trinajstić information content (AvgIpc) is 2.49. The highest BCUT2D eigenvalue weighted by Crippen LogP contribution is 2.30. The second-order valence-electron chi connectivity index (χ2n) is 4.65. The summed E-state index contributed by atoms with van der Waals surface area (Å²) in [5.74, 6) is 0.101. The summed E-state index contributed by atoms with van der Waals surface area (Å²) in [4.78, 5) is 11.3. The minimum Gasteiger partial charge on any atom is -0.492 e. The van der Waals surface area contributed by atoms with Gasteiger partial charge in [-0.15, -0.1) is 0 Å². The van der Waals surface area contributed by atoms with E-state index in [9.17, 15) is 13.2 Å². The van der Waals surface area contributed by atoms with Gasteiger partial charge in [-0.3, -0.25) is 4.79 Å². The van der Waals surface area contributed by atoms with Crippen LogP contribution in [0, 0.1) is 0 Å². The summed E-state index contributed by atoms with van der Waals surface area (Å²) in [6, 6.07) is 10.7. The zero-order valence-corrected chi connectivity index (χ0v) is 15.0.